The molecule has 0 fully saturated rings. The van der Waals surface area contributed by atoms with Crippen LogP contribution in [0.4, 0.5) is 0 Å². The highest BCUT2D eigenvalue weighted by atomic mass is 79.9. The maximum Gasteiger partial charge on any atom is 0.277 e. The molecule has 19 heavy (non-hydrogen) atoms. The fourth-order valence-electron chi connectivity index (χ4n) is 2.14. The molecule has 1 aromatic carbocycles. The Morgan fingerprint density at radius 1 is 1.26 bits per heavy atom. The third kappa shape index (κ3) is 1.98. The minimum atomic E-state index is -0.178. The van der Waals surface area contributed by atoms with Gasteiger partial charge in [-0.25, -0.2) is 9.97 Å². The molecule has 0 bridgehead atoms. The number of aryl methyl sites for hydroxylation is 2. The molecule has 0 atom stereocenters. The monoisotopic (exact) mass is 318 g/mol. The smallest absolute Gasteiger partial charge is 0.277 e. The van der Waals surface area contributed by atoms with E-state index in [0.717, 1.165) is 16.0 Å². The van der Waals surface area contributed by atoms with Gasteiger partial charge in [-0.3, -0.25) is 9.36 Å². The van der Waals surface area contributed by atoms with Gasteiger partial charge < -0.3 is 4.98 Å². The molecule has 3 aromatic rings. The highest BCUT2D eigenvalue weighted by Gasteiger charge is 2.14. The van der Waals surface area contributed by atoms with E-state index in [-0.39, 0.29) is 5.56 Å². The predicted molar refractivity (Wildman–Crippen MR) is 76.7 cm³/mol. The lowest BCUT2D eigenvalue weighted by Crippen LogP contribution is -2.13. The number of nitrogens with zero attached hydrogens (tertiary/aromatic N) is 3. The summed E-state index contributed by atoms with van der Waals surface area (Å²) < 4.78 is 2.76. The van der Waals surface area contributed by atoms with Gasteiger partial charge in [0.2, 0.25) is 0 Å². The number of fused-ring (bicyclic) bond motifs is 1. The first-order valence-corrected chi connectivity index (χ1v) is 6.57. The van der Waals surface area contributed by atoms with Crippen molar-refractivity contribution >= 4 is 27.1 Å². The van der Waals surface area contributed by atoms with E-state index in [1.165, 1.54) is 0 Å². The van der Waals surface area contributed by atoms with Crippen LogP contribution in [0.5, 0.6) is 0 Å². The molecule has 0 unspecified atom stereocenters. The van der Waals surface area contributed by atoms with E-state index in [9.17, 15) is 4.79 Å². The van der Waals surface area contributed by atoms with Crippen molar-refractivity contribution in [1.82, 2.24) is 19.5 Å². The van der Waals surface area contributed by atoms with E-state index < -0.39 is 0 Å². The highest BCUT2D eigenvalue weighted by molar-refractivity contribution is 9.10. The predicted octanol–water partition coefficient (Wildman–Crippen LogP) is 2.49. The Bertz CT molecular complexity index is 834. The maximum atomic E-state index is 12.1. The molecule has 6 heteroatoms. The number of aromatic amines is 1. The van der Waals surface area contributed by atoms with Crippen molar-refractivity contribution in [3.05, 3.63) is 50.7 Å². The standard InChI is InChI=1S/C13H11BrN4O/c1-7-15-12-11(13(19)16-7)18(8(2)17-12)10-5-3-4-9(14)6-10/h3-6H,1-2H3,(H,15,16,19). The van der Waals surface area contributed by atoms with Gasteiger partial charge in [0.15, 0.2) is 11.2 Å². The maximum absolute atomic E-state index is 12.1. The second kappa shape index (κ2) is 4.31. The largest absolute Gasteiger partial charge is 0.309 e. The van der Waals surface area contributed by atoms with Crippen molar-refractivity contribution in [2.75, 3.05) is 0 Å². The van der Waals surface area contributed by atoms with Crippen LogP contribution in [-0.2, 0) is 0 Å². The zero-order valence-electron chi connectivity index (χ0n) is 10.4. The van der Waals surface area contributed by atoms with Crippen LogP contribution in [0.3, 0.4) is 0 Å². The van der Waals surface area contributed by atoms with Gasteiger partial charge in [0.1, 0.15) is 11.6 Å². The molecular formula is C13H11BrN4O. The van der Waals surface area contributed by atoms with Gasteiger partial charge in [-0.1, -0.05) is 22.0 Å². The summed E-state index contributed by atoms with van der Waals surface area (Å²) in [5.74, 6) is 1.30. The summed E-state index contributed by atoms with van der Waals surface area (Å²) in [6.07, 6.45) is 0. The van der Waals surface area contributed by atoms with E-state index >= 15 is 0 Å². The average Bonchev–Trinajstić information content (AvgIpc) is 2.65. The molecular weight excluding hydrogens is 308 g/mol. The minimum absolute atomic E-state index is 0.178. The van der Waals surface area contributed by atoms with Gasteiger partial charge in [-0.2, -0.15) is 0 Å². The summed E-state index contributed by atoms with van der Waals surface area (Å²) in [7, 11) is 0. The van der Waals surface area contributed by atoms with Crippen LogP contribution in [0, 0.1) is 13.8 Å². The number of hydrogen-bond acceptors (Lipinski definition) is 3. The Balaban J connectivity index is 2.42. The Hall–Kier alpha value is -1.95. The Labute approximate surface area is 117 Å². The summed E-state index contributed by atoms with van der Waals surface area (Å²) >= 11 is 3.43. The molecule has 0 aliphatic rings. The molecule has 0 aliphatic carbocycles. The number of imidazole rings is 1. The van der Waals surface area contributed by atoms with Crippen LogP contribution in [-0.4, -0.2) is 19.5 Å². The second-order valence-corrected chi connectivity index (χ2v) is 5.21. The van der Waals surface area contributed by atoms with Gasteiger partial charge in [-0.05, 0) is 32.0 Å². The first-order valence-electron chi connectivity index (χ1n) is 5.78. The number of benzene rings is 1. The lowest BCUT2D eigenvalue weighted by Gasteiger charge is -2.06. The molecule has 0 amide bonds. The lowest BCUT2D eigenvalue weighted by atomic mass is 10.3. The van der Waals surface area contributed by atoms with E-state index in [4.69, 9.17) is 0 Å². The van der Waals surface area contributed by atoms with Crippen LogP contribution in [0.15, 0.2) is 33.5 Å². The molecule has 3 rings (SSSR count). The number of H-pyrrole nitrogens is 1. The van der Waals surface area contributed by atoms with Gasteiger partial charge >= 0.3 is 0 Å². The number of aromatic nitrogens is 4. The Kier molecular flexibility index (Phi) is 2.74. The molecule has 2 aromatic heterocycles. The zero-order valence-corrected chi connectivity index (χ0v) is 12.0. The van der Waals surface area contributed by atoms with Crippen molar-refractivity contribution in [2.24, 2.45) is 0 Å². The summed E-state index contributed by atoms with van der Waals surface area (Å²) in [5, 5.41) is 0. The van der Waals surface area contributed by atoms with Gasteiger partial charge in [0, 0.05) is 10.2 Å². The third-order valence-electron chi connectivity index (χ3n) is 2.88. The van der Waals surface area contributed by atoms with Gasteiger partial charge in [-0.15, -0.1) is 0 Å². The van der Waals surface area contributed by atoms with E-state index in [1.54, 1.807) is 6.92 Å². The van der Waals surface area contributed by atoms with Crippen molar-refractivity contribution in [3.63, 3.8) is 0 Å². The summed E-state index contributed by atoms with van der Waals surface area (Å²) in [4.78, 5) is 23.5. The molecule has 2 heterocycles. The number of rotatable bonds is 1. The summed E-state index contributed by atoms with van der Waals surface area (Å²) in [6.45, 7) is 3.60. The highest BCUT2D eigenvalue weighted by Crippen LogP contribution is 2.20. The van der Waals surface area contributed by atoms with Crippen LogP contribution >= 0.6 is 15.9 Å². The van der Waals surface area contributed by atoms with Crippen LogP contribution < -0.4 is 5.56 Å². The van der Waals surface area contributed by atoms with Gasteiger partial charge in [0.05, 0.1) is 0 Å². The number of nitrogens with one attached hydrogen (secondary N) is 1. The van der Waals surface area contributed by atoms with Crippen molar-refractivity contribution in [3.8, 4) is 5.69 Å². The summed E-state index contributed by atoms with van der Waals surface area (Å²) in [6, 6.07) is 7.72. The molecule has 0 aliphatic heterocycles. The Morgan fingerprint density at radius 3 is 2.79 bits per heavy atom. The first kappa shape index (κ1) is 12.1. The van der Waals surface area contributed by atoms with Crippen molar-refractivity contribution < 1.29 is 0 Å². The lowest BCUT2D eigenvalue weighted by molar-refractivity contribution is 0.990. The molecule has 1 N–H and O–H groups in total. The average molecular weight is 319 g/mol. The van der Waals surface area contributed by atoms with Crippen molar-refractivity contribution in [1.29, 1.82) is 0 Å². The van der Waals surface area contributed by atoms with E-state index in [0.29, 0.717) is 17.0 Å². The fraction of sp³-hybridized carbons (Fsp3) is 0.154. The second-order valence-electron chi connectivity index (χ2n) is 4.30. The molecule has 5 nitrogen and oxygen atoms in total. The molecule has 0 radical (unpaired) electrons. The molecule has 0 saturated heterocycles. The normalized spacial score (nSPS) is 11.1. The van der Waals surface area contributed by atoms with Crippen molar-refractivity contribution in [2.45, 2.75) is 13.8 Å². The SMILES string of the molecule is Cc1nc2nc(C)n(-c3cccc(Br)c3)c2c(=O)[nH]1. The third-order valence-corrected chi connectivity index (χ3v) is 3.37. The minimum Gasteiger partial charge on any atom is -0.309 e. The summed E-state index contributed by atoms with van der Waals surface area (Å²) in [5.41, 5.74) is 1.65. The van der Waals surface area contributed by atoms with E-state index in [1.807, 2.05) is 35.8 Å². The van der Waals surface area contributed by atoms with Gasteiger partial charge in [0.25, 0.3) is 5.56 Å². The number of hydrogen-bond donors (Lipinski definition) is 1. The topological polar surface area (TPSA) is 63.6 Å². The fourth-order valence-corrected chi connectivity index (χ4v) is 2.53. The quantitative estimate of drug-likeness (QED) is 0.749. The van der Waals surface area contributed by atoms with Crippen LogP contribution in [0.25, 0.3) is 16.9 Å². The molecule has 96 valence electrons. The first-order chi connectivity index (χ1) is 9.06. The zero-order chi connectivity index (χ0) is 13.6. The number of halogens is 1. The molecule has 0 saturated carbocycles. The Morgan fingerprint density at radius 2 is 2.05 bits per heavy atom. The van der Waals surface area contributed by atoms with Crippen LogP contribution in [0.1, 0.15) is 11.6 Å². The van der Waals surface area contributed by atoms with Crippen LogP contribution in [0.2, 0.25) is 0 Å². The molecule has 0 spiro atoms. The van der Waals surface area contributed by atoms with E-state index in [2.05, 4.69) is 30.9 Å².